The summed E-state index contributed by atoms with van der Waals surface area (Å²) in [6.45, 7) is 6.56. The first-order chi connectivity index (χ1) is 14.1. The minimum atomic E-state index is -0.578. The zero-order chi connectivity index (χ0) is 22.1. The van der Waals surface area contributed by atoms with Crippen LogP contribution in [0.4, 0.5) is 9.18 Å². The summed E-state index contributed by atoms with van der Waals surface area (Å²) in [6, 6.07) is 5.44. The fourth-order valence-corrected chi connectivity index (χ4v) is 2.99. The Labute approximate surface area is 176 Å². The lowest BCUT2D eigenvalue weighted by atomic mass is 9.97. The lowest BCUT2D eigenvalue weighted by molar-refractivity contribution is -0.137. The summed E-state index contributed by atoms with van der Waals surface area (Å²) in [4.78, 5) is 38.0. The van der Waals surface area contributed by atoms with Crippen LogP contribution < -0.4 is 15.4 Å². The van der Waals surface area contributed by atoms with Gasteiger partial charge in [-0.05, 0) is 57.9 Å². The van der Waals surface area contributed by atoms with Gasteiger partial charge in [-0.3, -0.25) is 9.59 Å². The average molecular weight is 423 g/mol. The summed E-state index contributed by atoms with van der Waals surface area (Å²) in [5, 5.41) is 5.36. The number of hydrogen-bond donors (Lipinski definition) is 2. The molecule has 0 saturated carbocycles. The Morgan fingerprint density at radius 3 is 2.47 bits per heavy atom. The van der Waals surface area contributed by atoms with E-state index in [0.717, 1.165) is 6.42 Å². The van der Waals surface area contributed by atoms with E-state index in [1.165, 1.54) is 24.3 Å². The van der Waals surface area contributed by atoms with Gasteiger partial charge in [-0.2, -0.15) is 0 Å². The number of halogens is 1. The van der Waals surface area contributed by atoms with Crippen molar-refractivity contribution < 1.29 is 28.2 Å². The van der Waals surface area contributed by atoms with E-state index in [1.54, 1.807) is 25.7 Å². The van der Waals surface area contributed by atoms with Crippen molar-refractivity contribution in [1.29, 1.82) is 0 Å². The highest BCUT2D eigenvalue weighted by Gasteiger charge is 2.28. The van der Waals surface area contributed by atoms with Crippen LogP contribution >= 0.6 is 0 Å². The number of likely N-dealkylation sites (tertiary alicyclic amines) is 1. The molecular formula is C21H30FN3O5. The van der Waals surface area contributed by atoms with Gasteiger partial charge in [0.15, 0.2) is 6.61 Å². The Morgan fingerprint density at radius 2 is 1.80 bits per heavy atom. The molecule has 3 amide bonds. The van der Waals surface area contributed by atoms with Gasteiger partial charge in [-0.15, -0.1) is 0 Å². The first-order valence-electron chi connectivity index (χ1n) is 10.0. The highest BCUT2D eigenvalue weighted by Crippen LogP contribution is 2.17. The molecule has 1 unspecified atom stereocenters. The topological polar surface area (TPSA) is 97.0 Å². The molecular weight excluding hydrogens is 393 g/mol. The molecule has 1 aliphatic heterocycles. The molecule has 30 heavy (non-hydrogen) atoms. The van der Waals surface area contributed by atoms with Crippen molar-refractivity contribution in [3.05, 3.63) is 30.1 Å². The van der Waals surface area contributed by atoms with Crippen LogP contribution in [0.2, 0.25) is 0 Å². The van der Waals surface area contributed by atoms with Crippen molar-refractivity contribution in [2.45, 2.75) is 39.2 Å². The van der Waals surface area contributed by atoms with Crippen molar-refractivity contribution in [2.24, 2.45) is 5.92 Å². The predicted octanol–water partition coefficient (Wildman–Crippen LogP) is 2.08. The standard InChI is InChI=1S/C21H30FN3O5/c1-21(2,3)30-20(28)24-11-10-23-19(27)15-5-4-12-25(13-15)18(26)14-29-17-8-6-16(22)7-9-17/h6-9,15H,4-5,10-14H2,1-3H3,(H,23,27)(H,24,28). The molecule has 166 valence electrons. The second-order valence-corrected chi connectivity index (χ2v) is 8.14. The lowest BCUT2D eigenvalue weighted by Crippen LogP contribution is -2.47. The summed E-state index contributed by atoms with van der Waals surface area (Å²) in [6.07, 6.45) is 0.872. The molecule has 0 spiro atoms. The largest absolute Gasteiger partial charge is 0.484 e. The summed E-state index contributed by atoms with van der Waals surface area (Å²) in [5.74, 6) is -0.648. The third-order valence-electron chi connectivity index (χ3n) is 4.41. The molecule has 1 fully saturated rings. The SMILES string of the molecule is CC(C)(C)OC(=O)NCCNC(=O)C1CCCN(C(=O)COc2ccc(F)cc2)C1. The van der Waals surface area contributed by atoms with E-state index in [0.29, 0.717) is 25.3 Å². The number of benzene rings is 1. The molecule has 0 aliphatic carbocycles. The number of amides is 3. The predicted molar refractivity (Wildman–Crippen MR) is 108 cm³/mol. The van der Waals surface area contributed by atoms with E-state index in [-0.39, 0.29) is 43.2 Å². The molecule has 1 aromatic carbocycles. The number of piperidine rings is 1. The van der Waals surface area contributed by atoms with E-state index >= 15 is 0 Å². The number of carbonyl (C=O) groups excluding carboxylic acids is 3. The summed E-state index contributed by atoms with van der Waals surface area (Å²) < 4.78 is 23.4. The Bertz CT molecular complexity index is 733. The Morgan fingerprint density at radius 1 is 1.13 bits per heavy atom. The van der Waals surface area contributed by atoms with E-state index in [2.05, 4.69) is 10.6 Å². The van der Waals surface area contributed by atoms with Gasteiger partial charge in [-0.1, -0.05) is 0 Å². The molecule has 2 rings (SSSR count). The zero-order valence-corrected chi connectivity index (χ0v) is 17.7. The van der Waals surface area contributed by atoms with E-state index in [4.69, 9.17) is 9.47 Å². The highest BCUT2D eigenvalue weighted by molar-refractivity contribution is 5.82. The minimum Gasteiger partial charge on any atom is -0.484 e. The molecule has 0 aromatic heterocycles. The minimum absolute atomic E-state index is 0.155. The summed E-state index contributed by atoms with van der Waals surface area (Å²) >= 11 is 0. The Kier molecular flexibility index (Phi) is 8.44. The van der Waals surface area contributed by atoms with E-state index in [9.17, 15) is 18.8 Å². The van der Waals surface area contributed by atoms with Gasteiger partial charge in [0.05, 0.1) is 5.92 Å². The molecule has 2 N–H and O–H groups in total. The van der Waals surface area contributed by atoms with Gasteiger partial charge in [0.2, 0.25) is 5.91 Å². The van der Waals surface area contributed by atoms with Gasteiger partial charge >= 0.3 is 6.09 Å². The van der Waals surface area contributed by atoms with E-state index < -0.39 is 11.7 Å². The monoisotopic (exact) mass is 423 g/mol. The van der Waals surface area contributed by atoms with Crippen LogP contribution in [0.15, 0.2) is 24.3 Å². The maximum atomic E-state index is 12.9. The number of alkyl carbamates (subject to hydrolysis) is 1. The molecule has 1 saturated heterocycles. The zero-order valence-electron chi connectivity index (χ0n) is 17.7. The lowest BCUT2D eigenvalue weighted by Gasteiger charge is -2.32. The van der Waals surface area contributed by atoms with Crippen LogP contribution in [0.1, 0.15) is 33.6 Å². The molecule has 1 atom stereocenters. The fraction of sp³-hybridized carbons (Fsp3) is 0.571. The smallest absolute Gasteiger partial charge is 0.407 e. The normalized spacial score (nSPS) is 16.5. The third-order valence-corrected chi connectivity index (χ3v) is 4.41. The quantitative estimate of drug-likeness (QED) is 0.655. The van der Waals surface area contributed by atoms with Crippen LogP contribution in [-0.2, 0) is 14.3 Å². The van der Waals surface area contributed by atoms with Gasteiger partial charge in [0.25, 0.3) is 5.91 Å². The molecule has 8 nitrogen and oxygen atoms in total. The number of nitrogens with one attached hydrogen (secondary N) is 2. The molecule has 0 radical (unpaired) electrons. The maximum Gasteiger partial charge on any atom is 0.407 e. The summed E-state index contributed by atoms with van der Waals surface area (Å²) in [7, 11) is 0. The number of rotatable bonds is 7. The number of hydrogen-bond acceptors (Lipinski definition) is 5. The summed E-state index contributed by atoms with van der Waals surface area (Å²) in [5.41, 5.74) is -0.578. The first-order valence-corrected chi connectivity index (χ1v) is 10.0. The van der Waals surface area contributed by atoms with Crippen LogP contribution in [0, 0.1) is 11.7 Å². The molecule has 0 bridgehead atoms. The van der Waals surface area contributed by atoms with Gasteiger partial charge < -0.3 is 25.0 Å². The van der Waals surface area contributed by atoms with Gasteiger partial charge in [0, 0.05) is 26.2 Å². The molecule has 1 aromatic rings. The second-order valence-electron chi connectivity index (χ2n) is 8.14. The fourth-order valence-electron chi connectivity index (χ4n) is 2.99. The molecule has 1 heterocycles. The van der Waals surface area contributed by atoms with Crippen molar-refractivity contribution >= 4 is 17.9 Å². The van der Waals surface area contributed by atoms with Crippen LogP contribution in [0.25, 0.3) is 0 Å². The van der Waals surface area contributed by atoms with Gasteiger partial charge in [0.1, 0.15) is 17.2 Å². The van der Waals surface area contributed by atoms with Gasteiger partial charge in [-0.25, -0.2) is 9.18 Å². The number of ether oxygens (including phenoxy) is 2. The third kappa shape index (κ3) is 8.26. The van der Waals surface area contributed by atoms with Crippen LogP contribution in [0.3, 0.4) is 0 Å². The maximum absolute atomic E-state index is 12.9. The first kappa shape index (κ1) is 23.4. The molecule has 1 aliphatic rings. The van der Waals surface area contributed by atoms with Crippen molar-refractivity contribution in [3.8, 4) is 5.75 Å². The van der Waals surface area contributed by atoms with Crippen molar-refractivity contribution in [3.63, 3.8) is 0 Å². The highest BCUT2D eigenvalue weighted by atomic mass is 19.1. The Hall–Kier alpha value is -2.84. The molecule has 9 heteroatoms. The average Bonchev–Trinajstić information content (AvgIpc) is 2.69. The van der Waals surface area contributed by atoms with Crippen molar-refractivity contribution in [1.82, 2.24) is 15.5 Å². The van der Waals surface area contributed by atoms with Crippen molar-refractivity contribution in [2.75, 3.05) is 32.8 Å². The van der Waals surface area contributed by atoms with Crippen LogP contribution in [0.5, 0.6) is 5.75 Å². The number of carbonyl (C=O) groups is 3. The second kappa shape index (κ2) is 10.8. The Balaban J connectivity index is 1.70. The number of nitrogens with zero attached hydrogens (tertiary/aromatic N) is 1. The van der Waals surface area contributed by atoms with Crippen LogP contribution in [-0.4, -0.2) is 61.2 Å². The van der Waals surface area contributed by atoms with E-state index in [1.807, 2.05) is 0 Å².